The molecule has 2 heterocycles. The largest absolute Gasteiger partial charge is 0.501 e. The molecular weight excluding hydrogens is 352 g/mol. The Labute approximate surface area is 144 Å². The van der Waals surface area contributed by atoms with Crippen LogP contribution >= 0.6 is 11.3 Å². The Morgan fingerprint density at radius 1 is 1.20 bits per heavy atom. The molecule has 0 aliphatic heterocycles. The van der Waals surface area contributed by atoms with Crippen LogP contribution < -0.4 is 5.32 Å². The van der Waals surface area contributed by atoms with Crippen molar-refractivity contribution >= 4 is 17.2 Å². The molecule has 2 aromatic heterocycles. The van der Waals surface area contributed by atoms with Crippen molar-refractivity contribution in [1.82, 2.24) is 15.3 Å². The number of nitrogens with zero attached hydrogens (tertiary/aromatic N) is 2. The molecule has 1 amide bonds. The van der Waals surface area contributed by atoms with Crippen LogP contribution in [0, 0.1) is 11.6 Å². The minimum absolute atomic E-state index is 0.0611. The monoisotopic (exact) mass is 363 g/mol. The van der Waals surface area contributed by atoms with Crippen LogP contribution in [0.4, 0.5) is 8.78 Å². The van der Waals surface area contributed by atoms with Crippen molar-refractivity contribution in [2.75, 3.05) is 0 Å². The molecule has 0 aliphatic carbocycles. The number of rotatable bonds is 4. The number of carbonyl (C=O) groups excluding carboxylic acids is 1. The van der Waals surface area contributed by atoms with E-state index in [0.29, 0.717) is 10.9 Å². The van der Waals surface area contributed by atoms with E-state index in [0.717, 1.165) is 6.07 Å². The van der Waals surface area contributed by atoms with Crippen molar-refractivity contribution in [3.05, 3.63) is 58.6 Å². The first-order valence-corrected chi connectivity index (χ1v) is 7.89. The van der Waals surface area contributed by atoms with Crippen LogP contribution in [0.15, 0.2) is 35.7 Å². The van der Waals surface area contributed by atoms with Gasteiger partial charge < -0.3 is 15.5 Å². The van der Waals surface area contributed by atoms with E-state index in [4.69, 9.17) is 0 Å². The first-order valence-electron chi connectivity index (χ1n) is 7.01. The van der Waals surface area contributed by atoms with Crippen molar-refractivity contribution in [3.8, 4) is 22.3 Å². The lowest BCUT2D eigenvalue weighted by atomic mass is 10.2. The van der Waals surface area contributed by atoms with Gasteiger partial charge in [0.15, 0.2) is 11.5 Å². The summed E-state index contributed by atoms with van der Waals surface area (Å²) >= 11 is 1.29. The van der Waals surface area contributed by atoms with Crippen LogP contribution in [-0.2, 0) is 6.54 Å². The maximum Gasteiger partial charge on any atom is 0.274 e. The number of carbonyl (C=O) groups is 1. The highest BCUT2D eigenvalue weighted by molar-refractivity contribution is 7.13. The average molecular weight is 363 g/mol. The number of halogens is 2. The zero-order valence-corrected chi connectivity index (χ0v) is 13.3. The molecule has 3 N–H and O–H groups in total. The van der Waals surface area contributed by atoms with E-state index in [9.17, 15) is 23.8 Å². The fourth-order valence-corrected chi connectivity index (χ4v) is 2.70. The van der Waals surface area contributed by atoms with E-state index in [2.05, 4.69) is 15.3 Å². The topological polar surface area (TPSA) is 95.3 Å². The van der Waals surface area contributed by atoms with Gasteiger partial charge in [-0.1, -0.05) is 12.1 Å². The Hall–Kier alpha value is -3.07. The van der Waals surface area contributed by atoms with Crippen LogP contribution in [0.3, 0.4) is 0 Å². The van der Waals surface area contributed by atoms with Gasteiger partial charge in [0.25, 0.3) is 11.8 Å². The zero-order valence-electron chi connectivity index (χ0n) is 12.5. The van der Waals surface area contributed by atoms with Crippen LogP contribution in [-0.4, -0.2) is 26.1 Å². The molecule has 3 aromatic rings. The summed E-state index contributed by atoms with van der Waals surface area (Å²) in [6.45, 7) is -0.247. The Kier molecular flexibility index (Phi) is 4.57. The minimum Gasteiger partial charge on any atom is -0.501 e. The third-order valence-corrected chi connectivity index (χ3v) is 4.14. The second-order valence-electron chi connectivity index (χ2n) is 4.96. The molecule has 0 saturated heterocycles. The maximum absolute atomic E-state index is 13.6. The molecule has 0 unspecified atom stereocenters. The molecule has 0 spiro atoms. The third kappa shape index (κ3) is 3.56. The molecule has 25 heavy (non-hydrogen) atoms. The number of amides is 1. The first kappa shape index (κ1) is 16.8. The normalized spacial score (nSPS) is 10.6. The van der Waals surface area contributed by atoms with Crippen molar-refractivity contribution in [3.63, 3.8) is 0 Å². The van der Waals surface area contributed by atoms with Crippen LogP contribution in [0.25, 0.3) is 10.7 Å². The average Bonchev–Trinajstić information content (AvgIpc) is 3.10. The van der Waals surface area contributed by atoms with Gasteiger partial charge >= 0.3 is 0 Å². The lowest BCUT2D eigenvalue weighted by Gasteiger charge is -2.09. The van der Waals surface area contributed by atoms with Gasteiger partial charge in [-0.3, -0.25) is 4.79 Å². The molecule has 0 saturated carbocycles. The van der Waals surface area contributed by atoms with Crippen molar-refractivity contribution in [1.29, 1.82) is 0 Å². The molecule has 3 rings (SSSR count). The molecule has 6 nitrogen and oxygen atoms in total. The van der Waals surface area contributed by atoms with Gasteiger partial charge in [0.05, 0.1) is 4.88 Å². The van der Waals surface area contributed by atoms with E-state index < -0.39 is 34.9 Å². The molecule has 128 valence electrons. The van der Waals surface area contributed by atoms with Gasteiger partial charge in [-0.15, -0.1) is 11.3 Å². The second kappa shape index (κ2) is 6.81. The number of aromatic hydroxyl groups is 2. The summed E-state index contributed by atoms with van der Waals surface area (Å²) in [4.78, 5) is 20.5. The van der Waals surface area contributed by atoms with E-state index >= 15 is 0 Å². The van der Waals surface area contributed by atoms with Crippen molar-refractivity contribution < 1.29 is 23.8 Å². The Morgan fingerprint density at radius 3 is 2.68 bits per heavy atom. The summed E-state index contributed by atoms with van der Waals surface area (Å²) in [7, 11) is 0. The van der Waals surface area contributed by atoms with Gasteiger partial charge in [-0.25, -0.2) is 13.8 Å². The minimum atomic E-state index is -0.836. The summed E-state index contributed by atoms with van der Waals surface area (Å²) in [6.07, 6.45) is 0. The Morgan fingerprint density at radius 2 is 2.00 bits per heavy atom. The highest BCUT2D eigenvalue weighted by Gasteiger charge is 2.20. The predicted octanol–water partition coefficient (Wildman–Crippen LogP) is 2.82. The fraction of sp³-hybridized carbons (Fsp3) is 0.0625. The van der Waals surface area contributed by atoms with E-state index in [1.807, 2.05) is 0 Å². The zero-order chi connectivity index (χ0) is 18.0. The maximum atomic E-state index is 13.6. The molecule has 1 aromatic carbocycles. The smallest absolute Gasteiger partial charge is 0.274 e. The highest BCUT2D eigenvalue weighted by Crippen LogP contribution is 2.30. The predicted molar refractivity (Wildman–Crippen MR) is 86.2 cm³/mol. The SMILES string of the molecule is O=C(NCc1ccc(F)cc1F)c1nc(-c2cccs2)nc(O)c1O. The van der Waals surface area contributed by atoms with Crippen molar-refractivity contribution in [2.45, 2.75) is 6.54 Å². The number of nitrogens with one attached hydrogen (secondary N) is 1. The van der Waals surface area contributed by atoms with Crippen LogP contribution in [0.2, 0.25) is 0 Å². The van der Waals surface area contributed by atoms with E-state index in [1.54, 1.807) is 17.5 Å². The quantitative estimate of drug-likeness (QED) is 0.663. The molecule has 0 radical (unpaired) electrons. The molecule has 0 atom stereocenters. The lowest BCUT2D eigenvalue weighted by molar-refractivity contribution is 0.0941. The number of aromatic nitrogens is 2. The molecular formula is C16H11F2N3O3S. The number of benzene rings is 1. The summed E-state index contributed by atoms with van der Waals surface area (Å²) in [6, 6.07) is 6.38. The number of hydrogen-bond acceptors (Lipinski definition) is 6. The molecule has 0 bridgehead atoms. The third-order valence-electron chi connectivity index (χ3n) is 3.28. The van der Waals surface area contributed by atoms with Crippen molar-refractivity contribution in [2.24, 2.45) is 0 Å². The van der Waals surface area contributed by atoms with Gasteiger partial charge in [-0.2, -0.15) is 4.98 Å². The molecule has 9 heteroatoms. The summed E-state index contributed by atoms with van der Waals surface area (Å²) in [5, 5.41) is 23.7. The fourth-order valence-electron chi connectivity index (χ4n) is 2.04. The highest BCUT2D eigenvalue weighted by atomic mass is 32.1. The lowest BCUT2D eigenvalue weighted by Crippen LogP contribution is -2.24. The van der Waals surface area contributed by atoms with Gasteiger partial charge in [0, 0.05) is 18.2 Å². The summed E-state index contributed by atoms with van der Waals surface area (Å²) in [5.41, 5.74) is -0.385. The van der Waals surface area contributed by atoms with Gasteiger partial charge in [0.2, 0.25) is 5.75 Å². The van der Waals surface area contributed by atoms with Crippen LogP contribution in [0.5, 0.6) is 11.6 Å². The number of hydrogen-bond donors (Lipinski definition) is 3. The van der Waals surface area contributed by atoms with Gasteiger partial charge in [-0.05, 0) is 17.5 Å². The Balaban J connectivity index is 1.84. The summed E-state index contributed by atoms with van der Waals surface area (Å²) in [5.74, 6) is -3.82. The number of thiophene rings is 1. The Bertz CT molecular complexity index is 933. The summed E-state index contributed by atoms with van der Waals surface area (Å²) < 4.78 is 26.5. The first-order chi connectivity index (χ1) is 12.0. The molecule has 0 aliphatic rings. The second-order valence-corrected chi connectivity index (χ2v) is 5.91. The van der Waals surface area contributed by atoms with E-state index in [-0.39, 0.29) is 17.9 Å². The van der Waals surface area contributed by atoms with Crippen LogP contribution in [0.1, 0.15) is 16.1 Å². The standard InChI is InChI=1S/C16H11F2N3O3S/c17-9-4-3-8(10(18)6-9)7-19-15(23)12-13(22)16(24)21-14(20-12)11-2-1-5-25-11/h1-6,22H,7H2,(H,19,23)(H,20,21,24). The molecule has 0 fully saturated rings. The van der Waals surface area contributed by atoms with E-state index in [1.165, 1.54) is 17.4 Å². The van der Waals surface area contributed by atoms with Gasteiger partial charge in [0.1, 0.15) is 11.6 Å².